The molecule has 1 unspecified atom stereocenters. The number of carbonyl (C=O) groups is 1. The van der Waals surface area contributed by atoms with Gasteiger partial charge in [0.15, 0.2) is 12.0 Å². The van der Waals surface area contributed by atoms with Gasteiger partial charge in [0.1, 0.15) is 35.1 Å². The summed E-state index contributed by atoms with van der Waals surface area (Å²) in [6.45, 7) is 1.75. The van der Waals surface area contributed by atoms with Crippen LogP contribution in [0.25, 0.3) is 0 Å². The SMILES string of the molecule is CCCCNc1cc(C(=O)NC2O[C@H](CO)[C@H](O)[C@H](O)[C@H]2O)cc(S(N)(=O)=O)c1Oc1ccccc1. The van der Waals surface area contributed by atoms with E-state index >= 15 is 0 Å². The van der Waals surface area contributed by atoms with Gasteiger partial charge in [-0.1, -0.05) is 31.5 Å². The number of nitrogens with two attached hydrogens (primary N) is 1. The van der Waals surface area contributed by atoms with E-state index in [1.807, 2.05) is 6.92 Å². The lowest BCUT2D eigenvalue weighted by molar-refractivity contribution is -0.233. The third-order valence-corrected chi connectivity index (χ3v) is 6.51. The van der Waals surface area contributed by atoms with Crippen LogP contribution in [0.2, 0.25) is 0 Å². The number of aliphatic hydroxyl groups excluding tert-OH is 4. The number of sulfonamides is 1. The summed E-state index contributed by atoms with van der Waals surface area (Å²) in [7, 11) is -4.37. The van der Waals surface area contributed by atoms with Crippen LogP contribution in [0.3, 0.4) is 0 Å². The number of amides is 1. The van der Waals surface area contributed by atoms with E-state index in [-0.39, 0.29) is 17.0 Å². The average molecular weight is 526 g/mol. The lowest BCUT2D eigenvalue weighted by Gasteiger charge is -2.40. The Morgan fingerprint density at radius 3 is 2.42 bits per heavy atom. The number of hydrogen-bond donors (Lipinski definition) is 7. The highest BCUT2D eigenvalue weighted by atomic mass is 32.2. The number of unbranched alkanes of at least 4 members (excludes halogenated alkanes) is 1. The highest BCUT2D eigenvalue weighted by molar-refractivity contribution is 7.89. The van der Waals surface area contributed by atoms with Gasteiger partial charge in [0.25, 0.3) is 5.91 Å². The third-order valence-electron chi connectivity index (χ3n) is 5.60. The number of rotatable bonds is 10. The molecule has 12 nitrogen and oxygen atoms in total. The number of aliphatic hydroxyl groups is 4. The van der Waals surface area contributed by atoms with Gasteiger partial charge in [-0.2, -0.15) is 0 Å². The van der Waals surface area contributed by atoms with Crippen LogP contribution in [0.1, 0.15) is 30.1 Å². The Kier molecular flexibility index (Phi) is 9.24. The Hall–Kier alpha value is -2.78. The molecule has 1 aliphatic rings. The topological polar surface area (TPSA) is 201 Å². The molecule has 0 spiro atoms. The van der Waals surface area contributed by atoms with Crippen LogP contribution in [0.5, 0.6) is 11.5 Å². The molecule has 1 aliphatic heterocycles. The summed E-state index contributed by atoms with van der Waals surface area (Å²) >= 11 is 0. The average Bonchev–Trinajstić information content (AvgIpc) is 2.85. The first-order chi connectivity index (χ1) is 17.1. The first-order valence-electron chi connectivity index (χ1n) is 11.4. The van der Waals surface area contributed by atoms with Gasteiger partial charge in [0, 0.05) is 12.1 Å². The van der Waals surface area contributed by atoms with Gasteiger partial charge in [-0.05, 0) is 30.7 Å². The van der Waals surface area contributed by atoms with E-state index in [9.17, 15) is 33.6 Å². The van der Waals surface area contributed by atoms with E-state index in [2.05, 4.69) is 10.6 Å². The number of nitrogens with one attached hydrogen (secondary N) is 2. The monoisotopic (exact) mass is 525 g/mol. The van der Waals surface area contributed by atoms with Crippen molar-refractivity contribution in [2.75, 3.05) is 18.5 Å². The summed E-state index contributed by atoms with van der Waals surface area (Å²) in [4.78, 5) is 12.6. The second kappa shape index (κ2) is 12.0. The van der Waals surface area contributed by atoms with Crippen molar-refractivity contribution in [1.29, 1.82) is 0 Å². The van der Waals surface area contributed by atoms with Crippen molar-refractivity contribution in [1.82, 2.24) is 5.32 Å². The third kappa shape index (κ3) is 6.50. The molecule has 0 saturated carbocycles. The Morgan fingerprint density at radius 1 is 1.11 bits per heavy atom. The molecule has 5 atom stereocenters. The summed E-state index contributed by atoms with van der Waals surface area (Å²) in [5.74, 6) is -0.613. The van der Waals surface area contributed by atoms with Crippen LogP contribution in [-0.4, -0.2) is 78.5 Å². The summed E-state index contributed by atoms with van der Waals surface area (Å²) in [5, 5.41) is 50.4. The van der Waals surface area contributed by atoms with E-state index in [1.165, 1.54) is 6.07 Å². The van der Waals surface area contributed by atoms with Crippen LogP contribution in [0, 0.1) is 0 Å². The zero-order valence-electron chi connectivity index (χ0n) is 19.6. The van der Waals surface area contributed by atoms with E-state index < -0.39 is 58.1 Å². The largest absolute Gasteiger partial charge is 0.454 e. The molecule has 0 bridgehead atoms. The second-order valence-corrected chi connectivity index (χ2v) is 9.84. The maximum Gasteiger partial charge on any atom is 0.253 e. The number of para-hydroxylation sites is 1. The quantitative estimate of drug-likeness (QED) is 0.205. The van der Waals surface area contributed by atoms with E-state index in [1.54, 1.807) is 30.3 Å². The molecule has 198 valence electrons. The lowest BCUT2D eigenvalue weighted by Crippen LogP contribution is -2.63. The van der Waals surface area contributed by atoms with Crippen molar-refractivity contribution in [3.8, 4) is 11.5 Å². The van der Waals surface area contributed by atoms with Gasteiger partial charge in [0.05, 0.1) is 12.3 Å². The number of primary sulfonamides is 1. The predicted molar refractivity (Wildman–Crippen MR) is 129 cm³/mol. The molecule has 1 fully saturated rings. The number of anilines is 1. The van der Waals surface area contributed by atoms with E-state index in [0.29, 0.717) is 12.3 Å². The van der Waals surface area contributed by atoms with Crippen LogP contribution in [0.4, 0.5) is 5.69 Å². The molecule has 2 aromatic carbocycles. The molecule has 36 heavy (non-hydrogen) atoms. The first-order valence-corrected chi connectivity index (χ1v) is 12.9. The number of benzene rings is 2. The molecular formula is C23H31N3O9S. The molecule has 3 rings (SSSR count). The van der Waals surface area contributed by atoms with Crippen molar-refractivity contribution in [2.24, 2.45) is 5.14 Å². The molecule has 13 heteroatoms. The summed E-state index contributed by atoms with van der Waals surface area (Å²) < 4.78 is 36.1. The standard InChI is InChI=1S/C23H31N3O9S/c1-2-3-9-25-15-10-13(22(31)26-23-20(30)19(29)18(28)16(12-27)35-23)11-17(36(24,32)33)21(15)34-14-7-5-4-6-8-14/h4-8,10-11,16,18-20,23,25,27-30H,2-3,9,12H2,1H3,(H,26,31)(H2,24,32,33)/t16-,18+,19+,20-,23?/m1/s1. The fraction of sp³-hybridized carbons (Fsp3) is 0.435. The maximum absolute atomic E-state index is 13.1. The first kappa shape index (κ1) is 27.8. The van der Waals surface area contributed by atoms with E-state index in [4.69, 9.17) is 14.6 Å². The second-order valence-electron chi connectivity index (χ2n) is 8.31. The zero-order valence-corrected chi connectivity index (χ0v) is 20.4. The molecule has 2 aromatic rings. The van der Waals surface area contributed by atoms with Gasteiger partial charge in [-0.15, -0.1) is 0 Å². The molecule has 1 heterocycles. The Bertz CT molecular complexity index is 1150. The highest BCUT2D eigenvalue weighted by Crippen LogP contribution is 2.37. The minimum absolute atomic E-state index is 0.0933. The van der Waals surface area contributed by atoms with Gasteiger partial charge in [0.2, 0.25) is 10.0 Å². The normalized spacial score (nSPS) is 24.2. The highest BCUT2D eigenvalue weighted by Gasteiger charge is 2.44. The minimum atomic E-state index is -4.37. The number of carbonyl (C=O) groups excluding carboxylic acids is 1. The number of ether oxygens (including phenoxy) is 2. The molecule has 1 saturated heterocycles. The van der Waals surface area contributed by atoms with Crippen molar-refractivity contribution in [2.45, 2.75) is 55.3 Å². The lowest BCUT2D eigenvalue weighted by atomic mass is 9.98. The number of hydrogen-bond acceptors (Lipinski definition) is 10. The van der Waals surface area contributed by atoms with Crippen LogP contribution < -0.4 is 20.5 Å². The van der Waals surface area contributed by atoms with Crippen LogP contribution in [-0.2, 0) is 14.8 Å². The Morgan fingerprint density at radius 2 is 1.81 bits per heavy atom. The molecule has 0 aromatic heterocycles. The van der Waals surface area contributed by atoms with Gasteiger partial charge < -0.3 is 40.5 Å². The summed E-state index contributed by atoms with van der Waals surface area (Å²) in [6, 6.07) is 10.8. The van der Waals surface area contributed by atoms with Crippen molar-refractivity contribution in [3.05, 3.63) is 48.0 Å². The van der Waals surface area contributed by atoms with E-state index in [0.717, 1.165) is 18.9 Å². The van der Waals surface area contributed by atoms with Crippen LogP contribution >= 0.6 is 0 Å². The van der Waals surface area contributed by atoms with Gasteiger partial charge in [-0.3, -0.25) is 4.79 Å². The molecule has 1 amide bonds. The zero-order chi connectivity index (χ0) is 26.5. The molecule has 0 aliphatic carbocycles. The Labute approximate surface area is 208 Å². The smallest absolute Gasteiger partial charge is 0.253 e. The predicted octanol–water partition coefficient (Wildman–Crippen LogP) is -0.132. The van der Waals surface area contributed by atoms with Crippen molar-refractivity contribution in [3.63, 3.8) is 0 Å². The maximum atomic E-state index is 13.1. The van der Waals surface area contributed by atoms with Gasteiger partial charge in [-0.25, -0.2) is 13.6 Å². The minimum Gasteiger partial charge on any atom is -0.454 e. The van der Waals surface area contributed by atoms with Crippen LogP contribution in [0.15, 0.2) is 47.4 Å². The van der Waals surface area contributed by atoms with Gasteiger partial charge >= 0.3 is 0 Å². The van der Waals surface area contributed by atoms with Crippen molar-refractivity contribution < 1.29 is 43.1 Å². The molecule has 8 N–H and O–H groups in total. The van der Waals surface area contributed by atoms with Crippen molar-refractivity contribution >= 4 is 21.6 Å². The Balaban J connectivity index is 1.99. The fourth-order valence-corrected chi connectivity index (χ4v) is 4.32. The molecular weight excluding hydrogens is 494 g/mol. The fourth-order valence-electron chi connectivity index (χ4n) is 3.62. The molecule has 0 radical (unpaired) electrons. The summed E-state index contributed by atoms with van der Waals surface area (Å²) in [5.41, 5.74) is 0.0353. The summed E-state index contributed by atoms with van der Waals surface area (Å²) in [6.07, 6.45) is -6.15.